The summed E-state index contributed by atoms with van der Waals surface area (Å²) in [6.07, 6.45) is 0. The number of ether oxygens (including phenoxy) is 1. The minimum Gasteiger partial charge on any atom is -0.456 e. The number of nitrogens with zero attached hydrogens (tertiary/aromatic N) is 1. The van der Waals surface area contributed by atoms with Crippen LogP contribution in [0.5, 0.6) is 11.5 Å². The maximum absolute atomic E-state index is 7.02. The fourth-order valence-electron chi connectivity index (χ4n) is 10.9. The van der Waals surface area contributed by atoms with Gasteiger partial charge >= 0.3 is 0 Å². The lowest BCUT2D eigenvalue weighted by Gasteiger charge is -2.35. The van der Waals surface area contributed by atoms with Gasteiger partial charge in [-0.05, 0) is 144 Å². The van der Waals surface area contributed by atoms with Gasteiger partial charge in [0.05, 0.1) is 5.41 Å². The van der Waals surface area contributed by atoms with Crippen molar-refractivity contribution >= 4 is 27.8 Å². The molecule has 2 nitrogen and oxygen atoms in total. The van der Waals surface area contributed by atoms with Gasteiger partial charge in [0.1, 0.15) is 11.5 Å². The standard InChI is InChI=1S/C65H43NO/c1-5-17-44(18-6-1)46-29-32-52(33-30-46)66(54-34-36-56-55-27-15-16-28-61(55)65(62(56)43-54,50-23-9-3-10-24-50)51-25-11-4-12-26-51)53-35-38-64-60(42-53)58-40-48-22-14-13-21-47(48)39-57(58)59-41-49(31-37-63(59)67-64)45-19-7-2-8-20-45/h1-43H. The van der Waals surface area contributed by atoms with E-state index < -0.39 is 5.41 Å². The van der Waals surface area contributed by atoms with E-state index in [1.807, 2.05) is 0 Å². The molecule has 0 amide bonds. The maximum Gasteiger partial charge on any atom is 0.135 e. The summed E-state index contributed by atoms with van der Waals surface area (Å²) >= 11 is 0. The third kappa shape index (κ3) is 6.33. The van der Waals surface area contributed by atoms with Crippen LogP contribution in [0.4, 0.5) is 17.1 Å². The third-order valence-corrected chi connectivity index (χ3v) is 13.9. The molecule has 0 bridgehead atoms. The lowest BCUT2D eigenvalue weighted by atomic mass is 9.67. The molecule has 0 spiro atoms. The molecule has 0 aromatic heterocycles. The van der Waals surface area contributed by atoms with Crippen LogP contribution in [0.1, 0.15) is 22.3 Å². The van der Waals surface area contributed by atoms with Gasteiger partial charge in [0.2, 0.25) is 0 Å². The molecule has 0 fully saturated rings. The van der Waals surface area contributed by atoms with Crippen LogP contribution in [0.15, 0.2) is 261 Å². The van der Waals surface area contributed by atoms with E-state index in [0.29, 0.717) is 0 Å². The molecule has 2 heteroatoms. The van der Waals surface area contributed by atoms with E-state index >= 15 is 0 Å². The van der Waals surface area contributed by atoms with Gasteiger partial charge in [0, 0.05) is 28.2 Å². The van der Waals surface area contributed by atoms with Crippen molar-refractivity contribution in [2.24, 2.45) is 0 Å². The molecule has 0 atom stereocenters. The Morgan fingerprint density at radius 1 is 0.269 bits per heavy atom. The summed E-state index contributed by atoms with van der Waals surface area (Å²) < 4.78 is 7.02. The van der Waals surface area contributed by atoms with Gasteiger partial charge in [-0.2, -0.15) is 0 Å². The zero-order valence-corrected chi connectivity index (χ0v) is 36.7. The smallest absolute Gasteiger partial charge is 0.135 e. The highest BCUT2D eigenvalue weighted by molar-refractivity contribution is 6.01. The second-order valence-electron chi connectivity index (χ2n) is 17.6. The van der Waals surface area contributed by atoms with E-state index in [1.165, 1.54) is 60.8 Å². The lowest BCUT2D eigenvalue weighted by Crippen LogP contribution is -2.28. The van der Waals surface area contributed by atoms with Gasteiger partial charge in [0.25, 0.3) is 0 Å². The summed E-state index contributed by atoms with van der Waals surface area (Å²) in [5.74, 6) is 1.66. The molecule has 11 aromatic rings. The molecule has 0 radical (unpaired) electrons. The van der Waals surface area contributed by atoms with E-state index in [2.05, 4.69) is 266 Å². The zero-order valence-electron chi connectivity index (χ0n) is 36.7. The van der Waals surface area contributed by atoms with Crippen LogP contribution in [-0.2, 0) is 5.41 Å². The van der Waals surface area contributed by atoms with Crippen LogP contribution in [0.3, 0.4) is 0 Å². The molecule has 2 aliphatic rings. The predicted octanol–water partition coefficient (Wildman–Crippen LogP) is 17.4. The highest BCUT2D eigenvalue weighted by Gasteiger charge is 2.46. The number of rotatable bonds is 7. The summed E-state index contributed by atoms with van der Waals surface area (Å²) in [5, 5.41) is 2.38. The molecule has 67 heavy (non-hydrogen) atoms. The quantitative estimate of drug-likeness (QED) is 0.158. The molecule has 11 aromatic carbocycles. The summed E-state index contributed by atoms with van der Waals surface area (Å²) in [5.41, 5.74) is 19.2. The third-order valence-electron chi connectivity index (χ3n) is 13.9. The van der Waals surface area contributed by atoms with Crippen LogP contribution >= 0.6 is 0 Å². The summed E-state index contributed by atoms with van der Waals surface area (Å²) in [4.78, 5) is 2.42. The fraction of sp³-hybridized carbons (Fsp3) is 0.0154. The van der Waals surface area contributed by atoms with Gasteiger partial charge in [-0.3, -0.25) is 0 Å². The zero-order chi connectivity index (χ0) is 44.3. The highest BCUT2D eigenvalue weighted by atomic mass is 16.5. The minimum atomic E-state index is -0.542. The lowest BCUT2D eigenvalue weighted by molar-refractivity contribution is 0.488. The molecule has 0 saturated carbocycles. The number of benzene rings is 11. The Morgan fingerprint density at radius 2 is 0.716 bits per heavy atom. The van der Waals surface area contributed by atoms with E-state index in [0.717, 1.165) is 56.4 Å². The number of hydrogen-bond donors (Lipinski definition) is 0. The summed E-state index contributed by atoms with van der Waals surface area (Å²) in [6.45, 7) is 0. The van der Waals surface area contributed by atoms with E-state index in [-0.39, 0.29) is 0 Å². The fourth-order valence-corrected chi connectivity index (χ4v) is 10.9. The van der Waals surface area contributed by atoms with E-state index in [4.69, 9.17) is 4.74 Å². The maximum atomic E-state index is 7.02. The molecule has 1 aliphatic heterocycles. The molecule has 0 N–H and O–H groups in total. The Kier molecular flexibility index (Phi) is 9.11. The predicted molar refractivity (Wildman–Crippen MR) is 278 cm³/mol. The van der Waals surface area contributed by atoms with Crippen LogP contribution in [0, 0.1) is 0 Å². The first-order valence-corrected chi connectivity index (χ1v) is 23.1. The van der Waals surface area contributed by atoms with Crippen LogP contribution < -0.4 is 9.64 Å². The van der Waals surface area contributed by atoms with Crippen molar-refractivity contribution in [3.63, 3.8) is 0 Å². The van der Waals surface area contributed by atoms with E-state index in [9.17, 15) is 0 Å². The summed E-state index contributed by atoms with van der Waals surface area (Å²) in [6, 6.07) is 95.0. The number of hydrogen-bond acceptors (Lipinski definition) is 2. The molecular weight excluding hydrogens is 811 g/mol. The monoisotopic (exact) mass is 853 g/mol. The van der Waals surface area contributed by atoms with Crippen molar-refractivity contribution in [3.8, 4) is 67.1 Å². The average Bonchev–Trinajstić information content (AvgIpc) is 3.63. The van der Waals surface area contributed by atoms with Gasteiger partial charge in [-0.15, -0.1) is 0 Å². The number of anilines is 3. The topological polar surface area (TPSA) is 12.5 Å². The Hall–Kier alpha value is -8.72. The Balaban J connectivity index is 1.04. The van der Waals surface area contributed by atoms with Gasteiger partial charge in [-0.25, -0.2) is 0 Å². The molecule has 1 aliphatic carbocycles. The van der Waals surface area contributed by atoms with Gasteiger partial charge in [0.15, 0.2) is 0 Å². The minimum absolute atomic E-state index is 0.542. The Morgan fingerprint density at radius 3 is 1.36 bits per heavy atom. The Labute approximate surface area is 391 Å². The second-order valence-corrected chi connectivity index (χ2v) is 17.6. The van der Waals surface area contributed by atoms with Crippen molar-refractivity contribution in [1.29, 1.82) is 0 Å². The van der Waals surface area contributed by atoms with Crippen molar-refractivity contribution in [3.05, 3.63) is 283 Å². The van der Waals surface area contributed by atoms with Gasteiger partial charge < -0.3 is 9.64 Å². The molecule has 0 unspecified atom stereocenters. The molecule has 314 valence electrons. The van der Waals surface area contributed by atoms with Crippen molar-refractivity contribution in [2.45, 2.75) is 5.41 Å². The summed E-state index contributed by atoms with van der Waals surface area (Å²) in [7, 11) is 0. The number of fused-ring (bicyclic) bond motifs is 9. The first kappa shape index (κ1) is 38.7. The highest BCUT2D eigenvalue weighted by Crippen LogP contribution is 2.58. The van der Waals surface area contributed by atoms with Crippen molar-refractivity contribution in [1.82, 2.24) is 0 Å². The molecular formula is C65H43NO. The molecule has 1 heterocycles. The van der Waals surface area contributed by atoms with Crippen molar-refractivity contribution in [2.75, 3.05) is 4.90 Å². The van der Waals surface area contributed by atoms with Gasteiger partial charge in [-0.1, -0.05) is 194 Å². The average molecular weight is 854 g/mol. The molecule has 0 saturated heterocycles. The van der Waals surface area contributed by atoms with Crippen molar-refractivity contribution < 1.29 is 4.74 Å². The molecule has 13 rings (SSSR count). The largest absolute Gasteiger partial charge is 0.456 e. The Bertz CT molecular complexity index is 3600. The SMILES string of the molecule is c1ccc(-c2ccc(N(c3ccc4c(c3)-c3cc5ccccc5cc3-c3cc(-c5ccccc5)ccc3O4)c3ccc4c(c3)C(c3ccccc3)(c3ccccc3)c3ccccc3-4)cc2)cc1. The van der Waals surface area contributed by atoms with E-state index in [1.54, 1.807) is 0 Å². The van der Waals surface area contributed by atoms with Crippen LogP contribution in [0.25, 0.3) is 66.4 Å². The van der Waals surface area contributed by atoms with Crippen LogP contribution in [-0.4, -0.2) is 0 Å². The second kappa shape index (κ2) is 15.8. The first-order valence-electron chi connectivity index (χ1n) is 23.1. The first-order chi connectivity index (χ1) is 33.2. The van der Waals surface area contributed by atoms with Crippen LogP contribution in [0.2, 0.25) is 0 Å². The normalized spacial score (nSPS) is 12.7.